The van der Waals surface area contributed by atoms with Gasteiger partial charge in [-0.2, -0.15) is 0 Å². The molecule has 1 unspecified atom stereocenters. The highest BCUT2D eigenvalue weighted by atomic mass is 16.5. The summed E-state index contributed by atoms with van der Waals surface area (Å²) in [5.41, 5.74) is 6.26. The number of nitrogens with two attached hydrogens (primary N) is 1. The molecule has 7 nitrogen and oxygen atoms in total. The Morgan fingerprint density at radius 1 is 1.17 bits per heavy atom. The van der Waals surface area contributed by atoms with E-state index in [1.165, 1.54) is 5.56 Å². The molecule has 0 spiro atoms. The summed E-state index contributed by atoms with van der Waals surface area (Å²) >= 11 is 0. The van der Waals surface area contributed by atoms with E-state index in [9.17, 15) is 9.90 Å². The summed E-state index contributed by atoms with van der Waals surface area (Å²) in [6, 6.07) is 8.31. The number of ether oxygens (including phenoxy) is 1. The number of hydrogen-bond donors (Lipinski definition) is 4. The zero-order valence-corrected chi connectivity index (χ0v) is 17.4. The van der Waals surface area contributed by atoms with Crippen LogP contribution in [0.5, 0.6) is 5.75 Å². The largest absolute Gasteiger partial charge is 0.497 e. The maximum atomic E-state index is 11.6. The van der Waals surface area contributed by atoms with E-state index in [2.05, 4.69) is 17.0 Å². The quantitative estimate of drug-likeness (QED) is 0.310. The lowest BCUT2D eigenvalue weighted by molar-refractivity contribution is -0.144. The molecule has 2 rings (SSSR count). The van der Waals surface area contributed by atoms with E-state index >= 15 is 0 Å². The number of aliphatic carboxylic acids is 1. The Hall–Kier alpha value is -1.61. The molecule has 1 atom stereocenters. The van der Waals surface area contributed by atoms with E-state index in [0.717, 1.165) is 44.6 Å². The maximum Gasteiger partial charge on any atom is 0.451 e. The summed E-state index contributed by atoms with van der Waals surface area (Å²) in [5.74, 6) is 0.467. The highest BCUT2D eigenvalue weighted by molar-refractivity contribution is 6.40. The second-order valence-corrected chi connectivity index (χ2v) is 8.18. The van der Waals surface area contributed by atoms with E-state index in [-0.39, 0.29) is 6.32 Å². The zero-order chi connectivity index (χ0) is 21.3. The van der Waals surface area contributed by atoms with Gasteiger partial charge in [0.05, 0.1) is 7.11 Å². The molecule has 162 valence electrons. The monoisotopic (exact) mass is 406 g/mol. The predicted octanol–water partition coefficient (Wildman–Crippen LogP) is 2.08. The number of piperidine rings is 1. The molecule has 8 heteroatoms. The van der Waals surface area contributed by atoms with Crippen LogP contribution in [0.15, 0.2) is 24.3 Å². The number of carboxylic acids is 1. The molecule has 0 bridgehead atoms. The zero-order valence-electron chi connectivity index (χ0n) is 17.4. The Balaban J connectivity index is 1.71. The van der Waals surface area contributed by atoms with E-state index < -0.39 is 18.6 Å². The van der Waals surface area contributed by atoms with Crippen LogP contribution in [0.25, 0.3) is 0 Å². The van der Waals surface area contributed by atoms with Gasteiger partial charge in [-0.15, -0.1) is 0 Å². The third kappa shape index (κ3) is 7.62. The number of hydrogen-bond acceptors (Lipinski definition) is 6. The van der Waals surface area contributed by atoms with Crippen molar-refractivity contribution in [2.45, 2.75) is 62.7 Å². The minimum absolute atomic E-state index is 0.249. The lowest BCUT2D eigenvalue weighted by atomic mass is 9.81. The molecule has 5 N–H and O–H groups in total. The van der Waals surface area contributed by atoms with Crippen LogP contribution < -0.4 is 10.5 Å². The van der Waals surface area contributed by atoms with Crippen LogP contribution in [0, 0.1) is 0 Å². The van der Waals surface area contributed by atoms with E-state index in [4.69, 9.17) is 20.5 Å². The highest BCUT2D eigenvalue weighted by Gasteiger charge is 2.33. The standard InChI is InChI=1S/C21H35BN2O5/c1-29-19-7-5-17(6-8-19)18-9-15-24(16-10-18)14-4-12-21(23,20(25)26)11-2-3-13-22(27)28/h5-8,18,27-28H,2-4,9-16,23H2,1H3,(H,25,26). The summed E-state index contributed by atoms with van der Waals surface area (Å²) in [5, 5.41) is 27.3. The molecule has 1 saturated heterocycles. The smallest absolute Gasteiger partial charge is 0.451 e. The summed E-state index contributed by atoms with van der Waals surface area (Å²) in [4.78, 5) is 14.0. The Morgan fingerprint density at radius 3 is 2.34 bits per heavy atom. The van der Waals surface area contributed by atoms with E-state index in [1.54, 1.807) is 7.11 Å². The van der Waals surface area contributed by atoms with Gasteiger partial charge in [-0.05, 0) is 81.7 Å². The molecule has 0 aliphatic carbocycles. The van der Waals surface area contributed by atoms with Crippen LogP contribution in [0.4, 0.5) is 0 Å². The van der Waals surface area contributed by atoms with Crippen molar-refractivity contribution >= 4 is 13.1 Å². The van der Waals surface area contributed by atoms with Gasteiger partial charge < -0.3 is 30.5 Å². The molecule has 1 heterocycles. The number of benzene rings is 1. The fourth-order valence-electron chi connectivity index (χ4n) is 4.09. The van der Waals surface area contributed by atoms with E-state index in [1.807, 2.05) is 12.1 Å². The first-order valence-electron chi connectivity index (χ1n) is 10.6. The average molecular weight is 406 g/mol. The number of likely N-dealkylation sites (tertiary alicyclic amines) is 1. The van der Waals surface area contributed by atoms with Crippen molar-refractivity contribution in [1.29, 1.82) is 0 Å². The fourth-order valence-corrected chi connectivity index (χ4v) is 4.09. The Kier molecular flexibility index (Phi) is 9.43. The van der Waals surface area contributed by atoms with Crippen molar-refractivity contribution in [1.82, 2.24) is 4.90 Å². The molecular formula is C21H35BN2O5. The molecule has 1 aliphatic rings. The van der Waals surface area contributed by atoms with Crippen molar-refractivity contribution in [2.75, 3.05) is 26.7 Å². The van der Waals surface area contributed by atoms with Crippen molar-refractivity contribution in [3.05, 3.63) is 29.8 Å². The Labute approximate surface area is 174 Å². The molecule has 0 radical (unpaired) electrons. The van der Waals surface area contributed by atoms with Gasteiger partial charge in [0.1, 0.15) is 11.3 Å². The lowest BCUT2D eigenvalue weighted by Crippen LogP contribution is -2.48. The predicted molar refractivity (Wildman–Crippen MR) is 114 cm³/mol. The molecule has 1 aliphatic heterocycles. The van der Waals surface area contributed by atoms with Crippen LogP contribution in [0.3, 0.4) is 0 Å². The maximum absolute atomic E-state index is 11.6. The number of nitrogens with zero attached hydrogens (tertiary/aromatic N) is 1. The fraction of sp³-hybridized carbons (Fsp3) is 0.667. The third-order valence-corrected chi connectivity index (χ3v) is 6.03. The van der Waals surface area contributed by atoms with Gasteiger partial charge in [0.2, 0.25) is 0 Å². The first-order chi connectivity index (χ1) is 13.8. The molecule has 0 aromatic heterocycles. The van der Waals surface area contributed by atoms with Crippen molar-refractivity contribution < 1.29 is 24.7 Å². The molecule has 1 aromatic rings. The molecule has 29 heavy (non-hydrogen) atoms. The number of carboxylic acid groups (broad SMARTS) is 1. The molecule has 1 fully saturated rings. The van der Waals surface area contributed by atoms with Gasteiger partial charge in [0.25, 0.3) is 0 Å². The number of carbonyl (C=O) groups is 1. The van der Waals surface area contributed by atoms with Gasteiger partial charge >= 0.3 is 13.1 Å². The summed E-state index contributed by atoms with van der Waals surface area (Å²) in [6.07, 6.45) is 5.12. The van der Waals surface area contributed by atoms with Gasteiger partial charge in [-0.25, -0.2) is 0 Å². The third-order valence-electron chi connectivity index (χ3n) is 6.03. The van der Waals surface area contributed by atoms with Gasteiger partial charge in [-0.1, -0.05) is 25.0 Å². The second-order valence-electron chi connectivity index (χ2n) is 8.18. The van der Waals surface area contributed by atoms with Crippen LogP contribution in [0.2, 0.25) is 6.32 Å². The summed E-state index contributed by atoms with van der Waals surface area (Å²) in [7, 11) is 0.334. The average Bonchev–Trinajstić information content (AvgIpc) is 2.71. The van der Waals surface area contributed by atoms with Crippen LogP contribution >= 0.6 is 0 Å². The van der Waals surface area contributed by atoms with Crippen molar-refractivity contribution in [3.8, 4) is 5.75 Å². The minimum atomic E-state index is -1.34. The Morgan fingerprint density at radius 2 is 1.79 bits per heavy atom. The summed E-state index contributed by atoms with van der Waals surface area (Å²) < 4.78 is 5.22. The molecule has 0 saturated carbocycles. The Bertz CT molecular complexity index is 620. The molecule has 0 amide bonds. The molecule has 1 aromatic carbocycles. The number of rotatable bonds is 12. The van der Waals surface area contributed by atoms with Gasteiger partial charge in [-0.3, -0.25) is 4.79 Å². The number of methoxy groups -OCH3 is 1. The van der Waals surface area contributed by atoms with Crippen LogP contribution in [0.1, 0.15) is 56.4 Å². The highest BCUT2D eigenvalue weighted by Crippen LogP contribution is 2.29. The first kappa shape index (κ1) is 23.7. The SMILES string of the molecule is COc1ccc(C2CCN(CCCC(N)(CCCCB(O)O)C(=O)O)CC2)cc1. The van der Waals surface area contributed by atoms with Crippen molar-refractivity contribution in [3.63, 3.8) is 0 Å². The molecular weight excluding hydrogens is 371 g/mol. The second kappa shape index (κ2) is 11.5. The topological polar surface area (TPSA) is 116 Å². The van der Waals surface area contributed by atoms with Crippen LogP contribution in [-0.2, 0) is 4.79 Å². The van der Waals surface area contributed by atoms with Crippen molar-refractivity contribution in [2.24, 2.45) is 5.73 Å². The lowest BCUT2D eigenvalue weighted by Gasteiger charge is -2.33. The van der Waals surface area contributed by atoms with Crippen LogP contribution in [-0.4, -0.2) is 65.4 Å². The summed E-state index contributed by atoms with van der Waals surface area (Å²) in [6.45, 7) is 2.88. The van der Waals surface area contributed by atoms with Gasteiger partial charge in [0, 0.05) is 0 Å². The van der Waals surface area contributed by atoms with Gasteiger partial charge in [0.15, 0.2) is 0 Å². The number of unbranched alkanes of at least 4 members (excludes halogenated alkanes) is 1. The van der Waals surface area contributed by atoms with E-state index in [0.29, 0.717) is 31.6 Å². The minimum Gasteiger partial charge on any atom is -0.497 e. The first-order valence-corrected chi connectivity index (χ1v) is 10.6. The normalized spacial score (nSPS) is 17.7.